The Morgan fingerprint density at radius 2 is 2.10 bits per heavy atom. The predicted octanol–water partition coefficient (Wildman–Crippen LogP) is 3.07. The van der Waals surface area contributed by atoms with E-state index in [4.69, 9.17) is 0 Å². The van der Waals surface area contributed by atoms with Crippen molar-refractivity contribution in [3.63, 3.8) is 0 Å². The van der Waals surface area contributed by atoms with Crippen molar-refractivity contribution in [1.82, 2.24) is 10.3 Å². The highest BCUT2D eigenvalue weighted by Crippen LogP contribution is 2.41. The Kier molecular flexibility index (Phi) is 3.49. The number of hydrogen-bond donors (Lipinski definition) is 1. The number of benzene rings is 1. The monoisotopic (exact) mass is 305 g/mol. The summed E-state index contributed by atoms with van der Waals surface area (Å²) in [4.78, 5) is 0. The maximum atomic E-state index is 14.0. The third-order valence-electron chi connectivity index (χ3n) is 3.34. The first-order valence-electron chi connectivity index (χ1n) is 6.03. The number of thioether (sulfide) groups is 1. The minimum Gasteiger partial charge on any atom is -0.339 e. The molecule has 2 heterocycles. The van der Waals surface area contributed by atoms with E-state index in [0.29, 0.717) is 5.56 Å². The summed E-state index contributed by atoms with van der Waals surface area (Å²) in [5.41, 5.74) is 0.325. The molecule has 0 bridgehead atoms. The SMILES string of the molecule is Fc1ccccc1[C@@H]1C[C@H](F)C2NC(SC(F)F)=NN21. The van der Waals surface area contributed by atoms with Crippen LogP contribution in [-0.4, -0.2) is 28.3 Å². The average molecular weight is 305 g/mol. The third-order valence-corrected chi connectivity index (χ3v) is 3.94. The van der Waals surface area contributed by atoms with Gasteiger partial charge >= 0.3 is 0 Å². The summed E-state index contributed by atoms with van der Waals surface area (Å²) in [5, 5.41) is 7.88. The van der Waals surface area contributed by atoms with Crippen molar-refractivity contribution < 1.29 is 17.6 Å². The Morgan fingerprint density at radius 1 is 1.35 bits per heavy atom. The number of fused-ring (bicyclic) bond motifs is 1. The summed E-state index contributed by atoms with van der Waals surface area (Å²) in [7, 11) is 0. The van der Waals surface area contributed by atoms with Crippen molar-refractivity contribution in [3.8, 4) is 0 Å². The fourth-order valence-corrected chi connectivity index (χ4v) is 3.01. The van der Waals surface area contributed by atoms with Crippen LogP contribution in [0, 0.1) is 5.82 Å². The molecule has 1 unspecified atom stereocenters. The van der Waals surface area contributed by atoms with Gasteiger partial charge in [0, 0.05) is 12.0 Å². The van der Waals surface area contributed by atoms with Gasteiger partial charge in [-0.05, 0) is 17.8 Å². The lowest BCUT2D eigenvalue weighted by molar-refractivity contribution is 0.178. The molecule has 3 nitrogen and oxygen atoms in total. The van der Waals surface area contributed by atoms with Gasteiger partial charge < -0.3 is 5.32 Å². The van der Waals surface area contributed by atoms with Gasteiger partial charge in [-0.15, -0.1) is 5.10 Å². The summed E-state index contributed by atoms with van der Waals surface area (Å²) in [6.45, 7) is 0. The van der Waals surface area contributed by atoms with Crippen molar-refractivity contribution in [2.45, 2.75) is 30.6 Å². The second-order valence-corrected chi connectivity index (χ2v) is 5.52. The number of nitrogens with zero attached hydrogens (tertiary/aromatic N) is 2. The van der Waals surface area contributed by atoms with Crippen molar-refractivity contribution in [2.75, 3.05) is 0 Å². The minimum absolute atomic E-state index is 0.0336. The zero-order valence-electron chi connectivity index (χ0n) is 10.1. The zero-order valence-corrected chi connectivity index (χ0v) is 11.0. The smallest absolute Gasteiger partial charge is 0.291 e. The van der Waals surface area contributed by atoms with E-state index in [-0.39, 0.29) is 23.4 Å². The Hall–Kier alpha value is -1.44. The molecule has 3 atom stereocenters. The molecule has 2 aliphatic rings. The number of amidine groups is 1. The third kappa shape index (κ3) is 2.32. The normalized spacial score (nSPS) is 28.6. The second-order valence-electron chi connectivity index (χ2n) is 4.54. The van der Waals surface area contributed by atoms with Crippen LogP contribution in [0.2, 0.25) is 0 Å². The highest BCUT2D eigenvalue weighted by atomic mass is 32.2. The molecule has 0 amide bonds. The van der Waals surface area contributed by atoms with Gasteiger partial charge in [0.15, 0.2) is 5.17 Å². The van der Waals surface area contributed by atoms with Crippen LogP contribution in [0.4, 0.5) is 17.6 Å². The van der Waals surface area contributed by atoms with Gasteiger partial charge in [0.25, 0.3) is 5.76 Å². The highest BCUT2D eigenvalue weighted by molar-refractivity contribution is 8.14. The lowest BCUT2D eigenvalue weighted by atomic mass is 10.0. The van der Waals surface area contributed by atoms with Gasteiger partial charge in [0.2, 0.25) is 0 Å². The maximum absolute atomic E-state index is 14.0. The molecule has 0 aromatic heterocycles. The predicted molar refractivity (Wildman–Crippen MR) is 68.4 cm³/mol. The fourth-order valence-electron chi connectivity index (χ4n) is 2.52. The first kappa shape index (κ1) is 13.5. The van der Waals surface area contributed by atoms with Crippen molar-refractivity contribution in [3.05, 3.63) is 35.6 Å². The van der Waals surface area contributed by atoms with Gasteiger partial charge in [-0.3, -0.25) is 5.01 Å². The van der Waals surface area contributed by atoms with E-state index >= 15 is 0 Å². The molecular formula is C12H11F4N3S. The van der Waals surface area contributed by atoms with E-state index in [0.717, 1.165) is 0 Å². The number of rotatable bonds is 2. The van der Waals surface area contributed by atoms with Crippen LogP contribution in [-0.2, 0) is 0 Å². The first-order valence-corrected chi connectivity index (χ1v) is 6.91. The summed E-state index contributed by atoms with van der Waals surface area (Å²) in [6, 6.07) is 5.46. The molecule has 0 saturated carbocycles. The number of hydrogen-bond acceptors (Lipinski definition) is 4. The number of alkyl halides is 3. The summed E-state index contributed by atoms with van der Waals surface area (Å²) in [6.07, 6.45) is -2.02. The van der Waals surface area contributed by atoms with E-state index in [1.807, 2.05) is 0 Å². The molecule has 0 aliphatic carbocycles. The van der Waals surface area contributed by atoms with Crippen LogP contribution in [0.1, 0.15) is 18.0 Å². The molecule has 2 aliphatic heterocycles. The number of halogens is 4. The second kappa shape index (κ2) is 5.16. The Morgan fingerprint density at radius 3 is 2.80 bits per heavy atom. The minimum atomic E-state index is -2.63. The summed E-state index contributed by atoms with van der Waals surface area (Å²) < 4.78 is 52.4. The topological polar surface area (TPSA) is 27.6 Å². The van der Waals surface area contributed by atoms with Crippen LogP contribution in [0.25, 0.3) is 0 Å². The molecule has 0 radical (unpaired) electrons. The molecule has 20 heavy (non-hydrogen) atoms. The lowest BCUT2D eigenvalue weighted by Gasteiger charge is -2.21. The van der Waals surface area contributed by atoms with Crippen molar-refractivity contribution >= 4 is 16.9 Å². The van der Waals surface area contributed by atoms with Crippen LogP contribution in [0.5, 0.6) is 0 Å². The van der Waals surface area contributed by atoms with Gasteiger partial charge in [-0.2, -0.15) is 8.78 Å². The molecule has 108 valence electrons. The Bertz CT molecular complexity index is 539. The molecular weight excluding hydrogens is 294 g/mol. The van der Waals surface area contributed by atoms with Crippen LogP contribution >= 0.6 is 11.8 Å². The maximum Gasteiger partial charge on any atom is 0.291 e. The Balaban J connectivity index is 1.87. The molecule has 1 saturated heterocycles. The molecule has 1 aromatic rings. The lowest BCUT2D eigenvalue weighted by Crippen LogP contribution is -2.38. The van der Waals surface area contributed by atoms with Gasteiger partial charge in [0.1, 0.15) is 18.2 Å². The quantitative estimate of drug-likeness (QED) is 0.851. The largest absolute Gasteiger partial charge is 0.339 e. The van der Waals surface area contributed by atoms with E-state index < -0.39 is 30.0 Å². The van der Waals surface area contributed by atoms with Gasteiger partial charge in [-0.25, -0.2) is 8.78 Å². The fraction of sp³-hybridized carbons (Fsp3) is 0.417. The summed E-state index contributed by atoms with van der Waals surface area (Å²) in [5.74, 6) is -3.08. The molecule has 1 fully saturated rings. The van der Waals surface area contributed by atoms with E-state index in [9.17, 15) is 17.6 Å². The molecule has 1 aromatic carbocycles. The van der Waals surface area contributed by atoms with E-state index in [1.54, 1.807) is 18.2 Å². The van der Waals surface area contributed by atoms with Crippen LogP contribution in [0.15, 0.2) is 29.4 Å². The summed E-state index contributed by atoms with van der Waals surface area (Å²) >= 11 is 0.226. The number of hydrazone groups is 1. The van der Waals surface area contributed by atoms with Crippen molar-refractivity contribution in [1.29, 1.82) is 0 Å². The van der Waals surface area contributed by atoms with Crippen LogP contribution in [0.3, 0.4) is 0 Å². The molecule has 3 rings (SSSR count). The van der Waals surface area contributed by atoms with Crippen LogP contribution < -0.4 is 5.32 Å². The standard InChI is InChI=1S/C12H11F4N3S/c13-7-4-2-1-3-6(7)9-5-8(14)10-17-12(18-19(9)10)20-11(15)16/h1-4,8-11H,5H2,(H,17,18)/t8-,9-,10?/m0/s1. The average Bonchev–Trinajstić information content (AvgIpc) is 2.90. The zero-order chi connectivity index (χ0) is 14.3. The van der Waals surface area contributed by atoms with E-state index in [1.165, 1.54) is 11.1 Å². The first-order chi connectivity index (χ1) is 9.56. The molecule has 1 N–H and O–H groups in total. The molecule has 0 spiro atoms. The number of nitrogens with one attached hydrogen (secondary N) is 1. The molecule has 8 heteroatoms. The van der Waals surface area contributed by atoms with Crippen molar-refractivity contribution in [2.24, 2.45) is 5.10 Å². The Labute approximate surface area is 117 Å². The highest BCUT2D eigenvalue weighted by Gasteiger charge is 2.46. The van der Waals surface area contributed by atoms with Gasteiger partial charge in [0.05, 0.1) is 6.04 Å². The van der Waals surface area contributed by atoms with E-state index in [2.05, 4.69) is 10.4 Å². The van der Waals surface area contributed by atoms with Gasteiger partial charge in [-0.1, -0.05) is 18.2 Å².